The van der Waals surface area contributed by atoms with Gasteiger partial charge in [-0.2, -0.15) is 0 Å². The first kappa shape index (κ1) is 19.8. The van der Waals surface area contributed by atoms with Gasteiger partial charge in [0.1, 0.15) is 17.5 Å². The van der Waals surface area contributed by atoms with E-state index in [4.69, 9.17) is 23.7 Å². The first-order valence-electron chi connectivity index (χ1n) is 8.95. The Morgan fingerprint density at radius 2 is 1.64 bits per heavy atom. The van der Waals surface area contributed by atoms with Crippen LogP contribution >= 0.6 is 0 Å². The Kier molecular flexibility index (Phi) is 6.26. The number of nitrogens with zero attached hydrogens (tertiary/aromatic N) is 1. The van der Waals surface area contributed by atoms with E-state index in [1.165, 1.54) is 0 Å². The fraction of sp³-hybridized carbons (Fsp3) is 0.381. The van der Waals surface area contributed by atoms with Gasteiger partial charge in [-0.1, -0.05) is 12.1 Å². The second-order valence-corrected chi connectivity index (χ2v) is 6.30. The highest BCUT2D eigenvalue weighted by Crippen LogP contribution is 2.40. The Hall–Kier alpha value is -2.93. The molecular formula is C21H25NO6. The highest BCUT2D eigenvalue weighted by molar-refractivity contribution is 5.89. The smallest absolute Gasteiger partial charge is 0.266 e. The van der Waals surface area contributed by atoms with Crippen molar-refractivity contribution in [1.82, 2.24) is 4.90 Å². The molecule has 0 unspecified atom stereocenters. The number of hydrogen-bond acceptors (Lipinski definition) is 6. The van der Waals surface area contributed by atoms with Crippen molar-refractivity contribution in [3.8, 4) is 23.0 Å². The minimum Gasteiger partial charge on any atom is -0.497 e. The average Bonchev–Trinajstić information content (AvgIpc) is 2.74. The van der Waals surface area contributed by atoms with Gasteiger partial charge in [0.2, 0.25) is 6.10 Å². The van der Waals surface area contributed by atoms with E-state index < -0.39 is 6.10 Å². The Balaban J connectivity index is 1.89. The lowest BCUT2D eigenvalue weighted by atomic mass is 9.90. The largest absolute Gasteiger partial charge is 0.497 e. The fourth-order valence-corrected chi connectivity index (χ4v) is 3.28. The molecule has 1 amide bonds. The molecule has 7 heteroatoms. The van der Waals surface area contributed by atoms with E-state index in [1.54, 1.807) is 45.5 Å². The van der Waals surface area contributed by atoms with Crippen LogP contribution in [0.1, 0.15) is 11.6 Å². The molecule has 0 aromatic heterocycles. The molecular weight excluding hydrogens is 362 g/mol. The van der Waals surface area contributed by atoms with E-state index in [1.807, 2.05) is 30.3 Å². The molecule has 0 saturated carbocycles. The molecule has 150 valence electrons. The predicted molar refractivity (Wildman–Crippen MR) is 103 cm³/mol. The molecule has 2 aromatic carbocycles. The monoisotopic (exact) mass is 387 g/mol. The lowest BCUT2D eigenvalue weighted by Crippen LogP contribution is -2.61. The summed E-state index contributed by atoms with van der Waals surface area (Å²) in [6, 6.07) is 12.6. The SMILES string of the molecule is COCCN1C(=O)[C@@H](Oc2cccc(OC)c2)[C@@H]1c1ccc(OC)c(OC)c1. The normalized spacial score (nSPS) is 18.4. The lowest BCUT2D eigenvalue weighted by Gasteiger charge is -2.46. The summed E-state index contributed by atoms with van der Waals surface area (Å²) in [6.07, 6.45) is -0.637. The van der Waals surface area contributed by atoms with Crippen molar-refractivity contribution in [2.45, 2.75) is 12.1 Å². The van der Waals surface area contributed by atoms with Gasteiger partial charge in [0.25, 0.3) is 5.91 Å². The zero-order valence-electron chi connectivity index (χ0n) is 16.5. The van der Waals surface area contributed by atoms with Crippen molar-refractivity contribution in [2.24, 2.45) is 0 Å². The molecule has 7 nitrogen and oxygen atoms in total. The first-order valence-corrected chi connectivity index (χ1v) is 8.95. The van der Waals surface area contributed by atoms with E-state index in [0.717, 1.165) is 5.56 Å². The number of β-lactam (4-membered cyclic amide) rings is 1. The number of carbonyl (C=O) groups is 1. The van der Waals surface area contributed by atoms with Gasteiger partial charge in [0, 0.05) is 19.7 Å². The second kappa shape index (κ2) is 8.84. The van der Waals surface area contributed by atoms with Crippen LogP contribution < -0.4 is 18.9 Å². The van der Waals surface area contributed by atoms with Gasteiger partial charge in [0.15, 0.2) is 11.5 Å². The molecule has 2 atom stereocenters. The van der Waals surface area contributed by atoms with Gasteiger partial charge in [-0.05, 0) is 29.8 Å². The number of likely N-dealkylation sites (tertiary alicyclic amines) is 1. The molecule has 1 aliphatic heterocycles. The van der Waals surface area contributed by atoms with Crippen molar-refractivity contribution < 1.29 is 28.5 Å². The van der Waals surface area contributed by atoms with Crippen LogP contribution in [0.2, 0.25) is 0 Å². The third kappa shape index (κ3) is 3.84. The van der Waals surface area contributed by atoms with Gasteiger partial charge in [0.05, 0.1) is 27.9 Å². The number of carbonyl (C=O) groups excluding carboxylic acids is 1. The summed E-state index contributed by atoms with van der Waals surface area (Å²) in [6.45, 7) is 0.924. The van der Waals surface area contributed by atoms with Crippen LogP contribution in [-0.2, 0) is 9.53 Å². The van der Waals surface area contributed by atoms with E-state index in [-0.39, 0.29) is 11.9 Å². The Bertz CT molecular complexity index is 824. The molecule has 0 spiro atoms. The molecule has 1 heterocycles. The number of hydrogen-bond donors (Lipinski definition) is 0. The molecule has 2 aromatic rings. The molecule has 0 radical (unpaired) electrons. The highest BCUT2D eigenvalue weighted by Gasteiger charge is 2.50. The second-order valence-electron chi connectivity index (χ2n) is 6.30. The number of methoxy groups -OCH3 is 4. The summed E-state index contributed by atoms with van der Waals surface area (Å²) in [4.78, 5) is 14.5. The number of amides is 1. The van der Waals surface area contributed by atoms with Crippen LogP contribution in [0.4, 0.5) is 0 Å². The maximum Gasteiger partial charge on any atom is 0.266 e. The minimum atomic E-state index is -0.637. The summed E-state index contributed by atoms with van der Waals surface area (Å²) in [5.74, 6) is 2.40. The van der Waals surface area contributed by atoms with Crippen molar-refractivity contribution in [3.63, 3.8) is 0 Å². The Labute approximate surface area is 164 Å². The van der Waals surface area contributed by atoms with Gasteiger partial charge in [-0.25, -0.2) is 0 Å². The van der Waals surface area contributed by atoms with E-state index in [2.05, 4.69) is 0 Å². The maximum absolute atomic E-state index is 12.7. The zero-order chi connectivity index (χ0) is 20.1. The summed E-state index contributed by atoms with van der Waals surface area (Å²) in [7, 11) is 6.37. The predicted octanol–water partition coefficient (Wildman–Crippen LogP) is 2.69. The Morgan fingerprint density at radius 1 is 0.893 bits per heavy atom. The molecule has 0 aliphatic carbocycles. The third-order valence-corrected chi connectivity index (χ3v) is 4.74. The van der Waals surface area contributed by atoms with E-state index >= 15 is 0 Å². The molecule has 3 rings (SSSR count). The van der Waals surface area contributed by atoms with E-state index in [0.29, 0.717) is 36.1 Å². The number of benzene rings is 2. The molecule has 0 bridgehead atoms. The van der Waals surface area contributed by atoms with Crippen molar-refractivity contribution in [2.75, 3.05) is 41.6 Å². The van der Waals surface area contributed by atoms with Crippen molar-refractivity contribution in [3.05, 3.63) is 48.0 Å². The maximum atomic E-state index is 12.7. The summed E-state index contributed by atoms with van der Waals surface area (Å²) in [5, 5.41) is 0. The summed E-state index contributed by atoms with van der Waals surface area (Å²) >= 11 is 0. The van der Waals surface area contributed by atoms with Gasteiger partial charge in [-0.15, -0.1) is 0 Å². The third-order valence-electron chi connectivity index (χ3n) is 4.74. The van der Waals surface area contributed by atoms with Crippen LogP contribution in [-0.4, -0.2) is 58.5 Å². The fourth-order valence-electron chi connectivity index (χ4n) is 3.28. The summed E-state index contributed by atoms with van der Waals surface area (Å²) in [5.41, 5.74) is 0.904. The molecule has 1 aliphatic rings. The summed E-state index contributed by atoms with van der Waals surface area (Å²) < 4.78 is 27.1. The van der Waals surface area contributed by atoms with Gasteiger partial charge >= 0.3 is 0 Å². The quantitative estimate of drug-likeness (QED) is 0.617. The van der Waals surface area contributed by atoms with E-state index in [9.17, 15) is 4.79 Å². The van der Waals surface area contributed by atoms with Crippen LogP contribution in [0.25, 0.3) is 0 Å². The zero-order valence-corrected chi connectivity index (χ0v) is 16.5. The minimum absolute atomic E-state index is 0.0837. The number of ether oxygens (including phenoxy) is 5. The van der Waals surface area contributed by atoms with Crippen LogP contribution in [0.3, 0.4) is 0 Å². The molecule has 1 saturated heterocycles. The molecule has 0 N–H and O–H groups in total. The van der Waals surface area contributed by atoms with Crippen LogP contribution in [0, 0.1) is 0 Å². The lowest BCUT2D eigenvalue weighted by molar-refractivity contribution is -0.165. The van der Waals surface area contributed by atoms with Crippen LogP contribution in [0.15, 0.2) is 42.5 Å². The Morgan fingerprint density at radius 3 is 2.32 bits per heavy atom. The highest BCUT2D eigenvalue weighted by atomic mass is 16.5. The van der Waals surface area contributed by atoms with Crippen molar-refractivity contribution in [1.29, 1.82) is 0 Å². The van der Waals surface area contributed by atoms with Gasteiger partial charge < -0.3 is 28.6 Å². The topological polar surface area (TPSA) is 66.5 Å². The molecule has 1 fully saturated rings. The van der Waals surface area contributed by atoms with Crippen molar-refractivity contribution >= 4 is 5.91 Å². The standard InChI is InChI=1S/C21H25NO6/c1-24-11-10-22-19(14-8-9-17(26-3)18(12-14)27-4)20(21(22)23)28-16-7-5-6-15(13-16)25-2/h5-9,12-13,19-20H,10-11H2,1-4H3/t19-,20-/m0/s1. The van der Waals surface area contributed by atoms with Crippen LogP contribution in [0.5, 0.6) is 23.0 Å². The molecule has 28 heavy (non-hydrogen) atoms. The number of rotatable bonds is 9. The average molecular weight is 387 g/mol. The first-order chi connectivity index (χ1) is 13.6. The van der Waals surface area contributed by atoms with Gasteiger partial charge in [-0.3, -0.25) is 4.79 Å².